The molecular formula is C14H26N2O. The molecule has 0 radical (unpaired) electrons. The SMILES string of the molecule is CC(NCCCC(=O)NC1CC1)C1CCCC1. The first-order valence-corrected chi connectivity index (χ1v) is 7.28. The highest BCUT2D eigenvalue weighted by Crippen LogP contribution is 2.27. The molecule has 17 heavy (non-hydrogen) atoms. The van der Waals surface area contributed by atoms with Crippen molar-refractivity contribution in [3.63, 3.8) is 0 Å². The summed E-state index contributed by atoms with van der Waals surface area (Å²) in [7, 11) is 0. The summed E-state index contributed by atoms with van der Waals surface area (Å²) < 4.78 is 0. The minimum atomic E-state index is 0.239. The van der Waals surface area contributed by atoms with Gasteiger partial charge in [0.1, 0.15) is 0 Å². The fraction of sp³-hybridized carbons (Fsp3) is 0.929. The van der Waals surface area contributed by atoms with Crippen LogP contribution in [0.1, 0.15) is 58.3 Å². The van der Waals surface area contributed by atoms with Crippen molar-refractivity contribution >= 4 is 5.91 Å². The number of carbonyl (C=O) groups is 1. The molecule has 2 aliphatic carbocycles. The summed E-state index contributed by atoms with van der Waals surface area (Å²) in [6.07, 6.45) is 9.59. The van der Waals surface area contributed by atoms with Crippen molar-refractivity contribution in [3.8, 4) is 0 Å². The molecule has 2 fully saturated rings. The highest BCUT2D eigenvalue weighted by atomic mass is 16.1. The molecule has 0 aromatic rings. The van der Waals surface area contributed by atoms with Gasteiger partial charge < -0.3 is 10.6 Å². The molecule has 1 atom stereocenters. The van der Waals surface area contributed by atoms with Crippen LogP contribution in [0, 0.1) is 5.92 Å². The van der Waals surface area contributed by atoms with Crippen LogP contribution in [-0.4, -0.2) is 24.5 Å². The second kappa shape index (κ2) is 6.39. The van der Waals surface area contributed by atoms with Crippen LogP contribution in [0.4, 0.5) is 0 Å². The summed E-state index contributed by atoms with van der Waals surface area (Å²) in [6.45, 7) is 3.27. The summed E-state index contributed by atoms with van der Waals surface area (Å²) in [5.74, 6) is 1.11. The molecule has 1 amide bonds. The van der Waals surface area contributed by atoms with E-state index >= 15 is 0 Å². The number of carbonyl (C=O) groups excluding carboxylic acids is 1. The molecule has 0 aliphatic heterocycles. The largest absolute Gasteiger partial charge is 0.353 e. The predicted molar refractivity (Wildman–Crippen MR) is 69.8 cm³/mol. The number of hydrogen-bond donors (Lipinski definition) is 2. The number of rotatable bonds is 7. The van der Waals surface area contributed by atoms with E-state index in [-0.39, 0.29) is 5.91 Å². The standard InChI is InChI=1S/C14H26N2O/c1-11(12-5-2-3-6-12)15-10-4-7-14(17)16-13-8-9-13/h11-13,15H,2-10H2,1H3,(H,16,17). The molecule has 1 unspecified atom stereocenters. The van der Waals surface area contributed by atoms with Gasteiger partial charge in [0, 0.05) is 18.5 Å². The monoisotopic (exact) mass is 238 g/mol. The Hall–Kier alpha value is -0.570. The molecule has 0 spiro atoms. The number of hydrogen-bond acceptors (Lipinski definition) is 2. The van der Waals surface area contributed by atoms with E-state index < -0.39 is 0 Å². The van der Waals surface area contributed by atoms with Crippen LogP contribution in [0.5, 0.6) is 0 Å². The molecule has 2 saturated carbocycles. The third kappa shape index (κ3) is 4.66. The summed E-state index contributed by atoms with van der Waals surface area (Å²) in [6, 6.07) is 1.14. The van der Waals surface area contributed by atoms with Gasteiger partial charge in [0.25, 0.3) is 0 Å². The van der Waals surface area contributed by atoms with Crippen LogP contribution in [0.25, 0.3) is 0 Å². The average molecular weight is 238 g/mol. The van der Waals surface area contributed by atoms with Gasteiger partial charge in [0.05, 0.1) is 0 Å². The van der Waals surface area contributed by atoms with Gasteiger partial charge >= 0.3 is 0 Å². The Kier molecular flexibility index (Phi) is 4.84. The lowest BCUT2D eigenvalue weighted by Gasteiger charge is -2.20. The van der Waals surface area contributed by atoms with E-state index in [4.69, 9.17) is 0 Å². The molecule has 2 aliphatic rings. The first-order chi connectivity index (χ1) is 8.25. The molecule has 98 valence electrons. The van der Waals surface area contributed by atoms with Gasteiger partial charge in [-0.25, -0.2) is 0 Å². The zero-order chi connectivity index (χ0) is 12.1. The third-order valence-electron chi connectivity index (χ3n) is 4.10. The minimum absolute atomic E-state index is 0.239. The van der Waals surface area contributed by atoms with Crippen LogP contribution in [0.2, 0.25) is 0 Å². The van der Waals surface area contributed by atoms with Gasteiger partial charge in [0.2, 0.25) is 5.91 Å². The molecule has 0 aromatic heterocycles. The van der Waals surface area contributed by atoms with E-state index in [1.165, 1.54) is 38.5 Å². The maximum atomic E-state index is 11.5. The van der Waals surface area contributed by atoms with Crippen molar-refractivity contribution in [2.24, 2.45) is 5.92 Å². The Balaban J connectivity index is 1.48. The van der Waals surface area contributed by atoms with E-state index in [2.05, 4.69) is 17.6 Å². The quantitative estimate of drug-likeness (QED) is 0.668. The fourth-order valence-electron chi connectivity index (χ4n) is 2.73. The molecule has 2 N–H and O–H groups in total. The zero-order valence-electron chi connectivity index (χ0n) is 11.0. The second-order valence-electron chi connectivity index (χ2n) is 5.73. The molecule has 3 heteroatoms. The molecule has 0 aromatic carbocycles. The van der Waals surface area contributed by atoms with Crippen LogP contribution in [-0.2, 0) is 4.79 Å². The molecule has 0 heterocycles. The number of amides is 1. The smallest absolute Gasteiger partial charge is 0.220 e. The van der Waals surface area contributed by atoms with Gasteiger partial charge in [-0.3, -0.25) is 4.79 Å². The maximum Gasteiger partial charge on any atom is 0.220 e. The Labute approximate surface area is 105 Å². The third-order valence-corrected chi connectivity index (χ3v) is 4.10. The average Bonchev–Trinajstić information content (AvgIpc) is 2.96. The van der Waals surface area contributed by atoms with E-state index in [0.29, 0.717) is 18.5 Å². The van der Waals surface area contributed by atoms with Gasteiger partial charge in [-0.1, -0.05) is 12.8 Å². The molecule has 3 nitrogen and oxygen atoms in total. The topological polar surface area (TPSA) is 41.1 Å². The van der Waals surface area contributed by atoms with Crippen LogP contribution in [0.15, 0.2) is 0 Å². The van der Waals surface area contributed by atoms with Crippen molar-refractivity contribution in [3.05, 3.63) is 0 Å². The van der Waals surface area contributed by atoms with E-state index in [1.807, 2.05) is 0 Å². The molecule has 2 rings (SSSR count). The summed E-state index contributed by atoms with van der Waals surface area (Å²) in [4.78, 5) is 11.5. The Morgan fingerprint density at radius 1 is 1.24 bits per heavy atom. The van der Waals surface area contributed by atoms with Crippen molar-refractivity contribution in [1.82, 2.24) is 10.6 Å². The van der Waals surface area contributed by atoms with Crippen molar-refractivity contribution in [2.45, 2.75) is 70.4 Å². The van der Waals surface area contributed by atoms with Gasteiger partial charge in [-0.05, 0) is 51.5 Å². The van der Waals surface area contributed by atoms with Gasteiger partial charge in [-0.15, -0.1) is 0 Å². The van der Waals surface area contributed by atoms with Gasteiger partial charge in [0.15, 0.2) is 0 Å². The Morgan fingerprint density at radius 2 is 1.94 bits per heavy atom. The van der Waals surface area contributed by atoms with Crippen molar-refractivity contribution in [1.29, 1.82) is 0 Å². The first-order valence-electron chi connectivity index (χ1n) is 7.28. The van der Waals surface area contributed by atoms with E-state index in [9.17, 15) is 4.79 Å². The molecule has 0 bridgehead atoms. The Morgan fingerprint density at radius 3 is 2.59 bits per heavy atom. The highest BCUT2D eigenvalue weighted by molar-refractivity contribution is 5.76. The zero-order valence-corrected chi connectivity index (χ0v) is 11.0. The summed E-state index contributed by atoms with van der Waals surface area (Å²) in [5, 5.41) is 6.60. The van der Waals surface area contributed by atoms with Crippen molar-refractivity contribution in [2.75, 3.05) is 6.54 Å². The first kappa shape index (κ1) is 12.9. The summed E-state index contributed by atoms with van der Waals surface area (Å²) in [5.41, 5.74) is 0. The van der Waals surface area contributed by atoms with Crippen LogP contribution < -0.4 is 10.6 Å². The van der Waals surface area contributed by atoms with E-state index in [0.717, 1.165) is 18.9 Å². The lowest BCUT2D eigenvalue weighted by Crippen LogP contribution is -2.33. The van der Waals surface area contributed by atoms with Crippen LogP contribution >= 0.6 is 0 Å². The summed E-state index contributed by atoms with van der Waals surface area (Å²) >= 11 is 0. The second-order valence-corrected chi connectivity index (χ2v) is 5.73. The predicted octanol–water partition coefficient (Wildman–Crippen LogP) is 2.21. The minimum Gasteiger partial charge on any atom is -0.353 e. The fourth-order valence-corrected chi connectivity index (χ4v) is 2.73. The normalized spacial score (nSPS) is 22.6. The lowest BCUT2D eigenvalue weighted by molar-refractivity contribution is -0.121. The molecular weight excluding hydrogens is 212 g/mol. The van der Waals surface area contributed by atoms with E-state index in [1.54, 1.807) is 0 Å². The lowest BCUT2D eigenvalue weighted by atomic mass is 10.00. The van der Waals surface area contributed by atoms with Crippen LogP contribution in [0.3, 0.4) is 0 Å². The highest BCUT2D eigenvalue weighted by Gasteiger charge is 2.23. The van der Waals surface area contributed by atoms with Crippen molar-refractivity contribution < 1.29 is 4.79 Å². The van der Waals surface area contributed by atoms with Gasteiger partial charge in [-0.2, -0.15) is 0 Å². The Bertz CT molecular complexity index is 245. The number of nitrogens with one attached hydrogen (secondary N) is 2. The maximum absolute atomic E-state index is 11.5. The molecule has 0 saturated heterocycles.